The van der Waals surface area contributed by atoms with Crippen LogP contribution < -0.4 is 32.6 Å². The zero-order chi connectivity index (χ0) is 54.8. The number of esters is 1. The van der Waals surface area contributed by atoms with E-state index in [1.807, 2.05) is 26.8 Å². The first-order valence-corrected chi connectivity index (χ1v) is 29.6. The highest BCUT2D eigenvalue weighted by atomic mass is 19.1. The van der Waals surface area contributed by atoms with E-state index in [9.17, 15) is 14.7 Å². The highest BCUT2D eigenvalue weighted by Crippen LogP contribution is 2.36. The highest BCUT2D eigenvalue weighted by molar-refractivity contribution is 5.87. The number of rotatable bonds is 39. The SMILES string of the molecule is C=C(CCCC(=C)NCC(=C)NC(C)C(=C)Nc1cc2cc3c(nc2cc1F)-c1cc2c(c(=O)n1C3)COC(=O)C2O)NCCCCCCCCCCCCCCCCCCCCCCCCCCN.CC.CCC. The Morgan fingerprint density at radius 1 is 0.733 bits per heavy atom. The number of aliphatic hydroxyl groups is 1. The number of cyclic esters (lactones) is 1. The number of carbonyl (C=O) groups is 1. The normalized spacial score (nSPS) is 13.5. The summed E-state index contributed by atoms with van der Waals surface area (Å²) in [4.78, 5) is 30.0. The summed E-state index contributed by atoms with van der Waals surface area (Å²) in [6.45, 7) is 29.3. The van der Waals surface area contributed by atoms with Crippen molar-refractivity contribution in [2.45, 2.75) is 240 Å². The van der Waals surface area contributed by atoms with E-state index in [4.69, 9.17) is 15.5 Å². The molecule has 0 aliphatic carbocycles. The number of hydrogen-bond acceptors (Lipinski definition) is 10. The van der Waals surface area contributed by atoms with Gasteiger partial charge < -0.3 is 41.4 Å². The van der Waals surface area contributed by atoms with Gasteiger partial charge in [0, 0.05) is 51.9 Å². The maximum absolute atomic E-state index is 15.5. The molecule has 11 nitrogen and oxygen atoms in total. The second-order valence-corrected chi connectivity index (χ2v) is 20.8. The van der Waals surface area contributed by atoms with Crippen molar-refractivity contribution in [1.82, 2.24) is 25.5 Å². The third-order valence-corrected chi connectivity index (χ3v) is 14.1. The van der Waals surface area contributed by atoms with Gasteiger partial charge >= 0.3 is 5.97 Å². The number of benzene rings is 1. The van der Waals surface area contributed by atoms with Crippen LogP contribution in [0.3, 0.4) is 0 Å². The van der Waals surface area contributed by atoms with Crippen LogP contribution in [-0.2, 0) is 22.7 Å². The van der Waals surface area contributed by atoms with Crippen molar-refractivity contribution in [3.8, 4) is 11.4 Å². The summed E-state index contributed by atoms with van der Waals surface area (Å²) in [5, 5.41) is 24.4. The Morgan fingerprint density at radius 2 is 1.23 bits per heavy atom. The molecule has 0 radical (unpaired) electrons. The molecule has 0 fully saturated rings. The van der Waals surface area contributed by atoms with Crippen molar-refractivity contribution < 1.29 is 19.0 Å². The van der Waals surface area contributed by atoms with Crippen LogP contribution in [0.15, 0.2) is 78.2 Å². The molecular formula is C63H102FN7O4. The summed E-state index contributed by atoms with van der Waals surface area (Å²) >= 11 is 0. The predicted molar refractivity (Wildman–Crippen MR) is 315 cm³/mol. The molecule has 2 aromatic heterocycles. The van der Waals surface area contributed by atoms with E-state index >= 15 is 4.39 Å². The second kappa shape index (κ2) is 37.7. The largest absolute Gasteiger partial charge is 0.458 e. The molecule has 2 aliphatic rings. The van der Waals surface area contributed by atoms with E-state index in [1.165, 1.54) is 167 Å². The molecule has 1 aromatic carbocycles. The van der Waals surface area contributed by atoms with Crippen molar-refractivity contribution in [3.05, 3.63) is 106 Å². The first-order valence-electron chi connectivity index (χ1n) is 29.6. The smallest absolute Gasteiger partial charge is 0.340 e. The number of aliphatic hydroxyl groups excluding tert-OH is 1. The molecule has 7 N–H and O–H groups in total. The Hall–Kier alpha value is -4.94. The van der Waals surface area contributed by atoms with Crippen LogP contribution in [0.1, 0.15) is 237 Å². The Kier molecular flexibility index (Phi) is 32.4. The van der Waals surface area contributed by atoms with E-state index in [0.29, 0.717) is 34.5 Å². The number of carbonyl (C=O) groups excluding carboxylic acids is 1. The number of fused-ring (bicyclic) bond motifs is 5. The molecule has 0 saturated heterocycles. The van der Waals surface area contributed by atoms with Gasteiger partial charge in [0.05, 0.1) is 47.3 Å². The molecule has 2 unspecified atom stereocenters. The van der Waals surface area contributed by atoms with E-state index < -0.39 is 17.9 Å². The minimum absolute atomic E-state index is 0.194. The lowest BCUT2D eigenvalue weighted by atomic mass is 10.0. The van der Waals surface area contributed by atoms with Crippen molar-refractivity contribution in [2.24, 2.45) is 5.73 Å². The van der Waals surface area contributed by atoms with Gasteiger partial charge in [0.2, 0.25) is 0 Å². The number of halogens is 1. The highest BCUT2D eigenvalue weighted by Gasteiger charge is 2.34. The molecule has 420 valence electrons. The summed E-state index contributed by atoms with van der Waals surface area (Å²) in [5.41, 5.74) is 11.4. The van der Waals surface area contributed by atoms with Crippen LogP contribution in [0.25, 0.3) is 22.3 Å². The first-order chi connectivity index (χ1) is 36.4. The first kappa shape index (κ1) is 64.3. The summed E-state index contributed by atoms with van der Waals surface area (Å²) in [7, 11) is 0. The lowest BCUT2D eigenvalue weighted by Gasteiger charge is -2.22. The fourth-order valence-corrected chi connectivity index (χ4v) is 9.72. The van der Waals surface area contributed by atoms with E-state index in [0.717, 1.165) is 55.0 Å². The number of anilines is 1. The summed E-state index contributed by atoms with van der Waals surface area (Å²) in [6, 6.07) is 6.25. The average molecular weight is 1040 g/mol. The van der Waals surface area contributed by atoms with Crippen LogP contribution in [0.2, 0.25) is 0 Å². The lowest BCUT2D eigenvalue weighted by Crippen LogP contribution is -2.33. The third-order valence-electron chi connectivity index (χ3n) is 14.1. The van der Waals surface area contributed by atoms with E-state index in [-0.39, 0.29) is 41.6 Å². The van der Waals surface area contributed by atoms with Crippen LogP contribution in [-0.4, -0.2) is 46.3 Å². The van der Waals surface area contributed by atoms with Gasteiger partial charge in [-0.25, -0.2) is 14.2 Å². The minimum atomic E-state index is -1.54. The van der Waals surface area contributed by atoms with Crippen LogP contribution in [0, 0.1) is 5.82 Å². The summed E-state index contributed by atoms with van der Waals surface area (Å²) in [5.74, 6) is -1.31. The van der Waals surface area contributed by atoms with E-state index in [1.54, 1.807) is 16.7 Å². The second-order valence-electron chi connectivity index (χ2n) is 20.8. The van der Waals surface area contributed by atoms with Crippen LogP contribution in [0.5, 0.6) is 0 Å². The Labute approximate surface area is 453 Å². The average Bonchev–Trinajstić information content (AvgIpc) is 3.75. The number of unbranched alkanes of at least 4 members (excludes halogenated alkanes) is 23. The molecule has 0 amide bonds. The van der Waals surface area contributed by atoms with Gasteiger partial charge in [-0.1, -0.05) is 202 Å². The lowest BCUT2D eigenvalue weighted by molar-refractivity contribution is -0.157. The molecule has 4 heterocycles. The standard InChI is InChI=1S/C58H88FN7O4.C3H8.C2H6/c1-42(61-34-29-27-25-23-21-19-17-15-13-11-9-7-6-8-10-12-14-16-18-20-22-24-26-28-33-60)31-30-32-43(2)62-39-44(3)63-45(4)46(5)64-53-36-47-35-48-40-66-54(55(48)65-52(47)38-51(53)59)37-49-50(57(66)68)41-70-58(69)56(49)67;1-3-2;1-2/h35-38,45,56,61-64,67H,1-3,5-34,39-41,60H2,4H3;3H2,1-2H3;1-2H3. The van der Waals surface area contributed by atoms with E-state index in [2.05, 4.69) is 61.4 Å². The van der Waals surface area contributed by atoms with Gasteiger partial charge in [0.1, 0.15) is 12.4 Å². The third kappa shape index (κ3) is 23.5. The van der Waals surface area contributed by atoms with Gasteiger partial charge in [0.25, 0.3) is 5.56 Å². The van der Waals surface area contributed by atoms with Crippen molar-refractivity contribution in [3.63, 3.8) is 0 Å². The maximum Gasteiger partial charge on any atom is 0.340 e. The molecule has 75 heavy (non-hydrogen) atoms. The monoisotopic (exact) mass is 1040 g/mol. The van der Waals surface area contributed by atoms with Crippen LogP contribution in [0.4, 0.5) is 10.1 Å². The quantitative estimate of drug-likeness (QED) is 0.0188. The molecule has 2 aliphatic heterocycles. The zero-order valence-corrected chi connectivity index (χ0v) is 47.6. The summed E-state index contributed by atoms with van der Waals surface area (Å²) < 4.78 is 22.0. The Bertz CT molecular complexity index is 2260. The number of aromatic nitrogens is 2. The van der Waals surface area contributed by atoms with Gasteiger partial charge in [0.15, 0.2) is 6.10 Å². The number of nitrogens with two attached hydrogens (primary N) is 1. The van der Waals surface area contributed by atoms with Gasteiger partial charge in [-0.05, 0) is 63.8 Å². The molecular weight excluding hydrogens is 938 g/mol. The van der Waals surface area contributed by atoms with Crippen molar-refractivity contribution >= 4 is 22.6 Å². The van der Waals surface area contributed by atoms with Gasteiger partial charge in [-0.15, -0.1) is 0 Å². The fourth-order valence-electron chi connectivity index (χ4n) is 9.72. The molecule has 0 saturated carbocycles. The number of pyridine rings is 2. The topological polar surface area (TPSA) is 156 Å². The van der Waals surface area contributed by atoms with Gasteiger partial charge in [-0.2, -0.15) is 0 Å². The molecule has 12 heteroatoms. The Balaban J connectivity index is 0.00000286. The van der Waals surface area contributed by atoms with Gasteiger partial charge in [-0.3, -0.25) is 4.79 Å². The number of nitrogens with zero attached hydrogens (tertiary/aromatic N) is 2. The number of allylic oxidation sites excluding steroid dienone is 2. The number of hydrogen-bond donors (Lipinski definition) is 6. The predicted octanol–water partition coefficient (Wildman–Crippen LogP) is 15.2. The number of ether oxygens (including phenoxy) is 1. The molecule has 2 atom stereocenters. The maximum atomic E-state index is 15.5. The zero-order valence-electron chi connectivity index (χ0n) is 47.6. The van der Waals surface area contributed by atoms with Crippen LogP contribution >= 0.6 is 0 Å². The fraction of sp³-hybridized carbons (Fsp3) is 0.635. The summed E-state index contributed by atoms with van der Waals surface area (Å²) in [6.07, 6.45) is 35.6. The molecule has 5 rings (SSSR count). The van der Waals surface area contributed by atoms with Crippen molar-refractivity contribution in [2.75, 3.05) is 25.0 Å². The molecule has 0 spiro atoms. The number of nitrogens with one attached hydrogen (secondary N) is 4. The minimum Gasteiger partial charge on any atom is -0.458 e. The molecule has 0 bridgehead atoms. The molecule has 3 aromatic rings. The Morgan fingerprint density at radius 3 is 1.75 bits per heavy atom. The van der Waals surface area contributed by atoms with Crippen molar-refractivity contribution in [1.29, 1.82) is 0 Å².